The summed E-state index contributed by atoms with van der Waals surface area (Å²) in [4.78, 5) is 0. The van der Waals surface area contributed by atoms with E-state index in [0.717, 1.165) is 30.5 Å². The lowest BCUT2D eigenvalue weighted by atomic mass is 9.74. The summed E-state index contributed by atoms with van der Waals surface area (Å²) in [6.07, 6.45) is 1.84. The zero-order valence-electron chi connectivity index (χ0n) is 12.2. The van der Waals surface area contributed by atoms with Crippen LogP contribution in [0.3, 0.4) is 0 Å². The molecule has 0 radical (unpaired) electrons. The molecule has 0 saturated carbocycles. The van der Waals surface area contributed by atoms with Crippen LogP contribution in [0, 0.1) is 0 Å². The molecule has 0 fully saturated rings. The minimum Gasteiger partial charge on any atom is -0.504 e. The molecule has 2 aromatic carbocycles. The van der Waals surface area contributed by atoms with E-state index in [-0.39, 0.29) is 11.5 Å². The Hall–Kier alpha value is -2.00. The quantitative estimate of drug-likeness (QED) is 0.759. The van der Waals surface area contributed by atoms with Crippen LogP contribution in [0.1, 0.15) is 34.9 Å². The SMILES string of the molecule is CNCC1CC(c2ccccc2)Cc2c1ccc(O)c2O. The lowest BCUT2D eigenvalue weighted by Crippen LogP contribution is -2.25. The second kappa shape index (κ2) is 5.78. The third kappa shape index (κ3) is 2.61. The molecule has 3 nitrogen and oxygen atoms in total. The van der Waals surface area contributed by atoms with Crippen LogP contribution >= 0.6 is 0 Å². The molecule has 3 rings (SSSR count). The van der Waals surface area contributed by atoms with Gasteiger partial charge < -0.3 is 15.5 Å². The lowest BCUT2D eigenvalue weighted by Gasteiger charge is -2.32. The first kappa shape index (κ1) is 14.0. The summed E-state index contributed by atoms with van der Waals surface area (Å²) >= 11 is 0. The summed E-state index contributed by atoms with van der Waals surface area (Å²) in [5, 5.41) is 23.2. The Morgan fingerprint density at radius 3 is 2.57 bits per heavy atom. The second-order valence-corrected chi connectivity index (χ2v) is 5.80. The monoisotopic (exact) mass is 283 g/mol. The number of hydrogen-bond donors (Lipinski definition) is 3. The molecule has 1 aliphatic rings. The van der Waals surface area contributed by atoms with Crippen molar-refractivity contribution in [3.63, 3.8) is 0 Å². The van der Waals surface area contributed by atoms with Crippen molar-refractivity contribution in [1.29, 1.82) is 0 Å². The average Bonchev–Trinajstić information content (AvgIpc) is 2.52. The highest BCUT2D eigenvalue weighted by atomic mass is 16.3. The maximum absolute atomic E-state index is 10.2. The molecule has 0 aliphatic heterocycles. The Morgan fingerprint density at radius 1 is 1.10 bits per heavy atom. The van der Waals surface area contributed by atoms with E-state index in [4.69, 9.17) is 0 Å². The molecule has 3 heteroatoms. The molecule has 2 atom stereocenters. The fourth-order valence-corrected chi connectivity index (χ4v) is 3.46. The van der Waals surface area contributed by atoms with Crippen molar-refractivity contribution in [3.8, 4) is 11.5 Å². The Morgan fingerprint density at radius 2 is 1.86 bits per heavy atom. The standard InChI is InChI=1S/C18H21NO2/c1-19-11-14-9-13(12-5-3-2-4-6-12)10-16-15(14)7-8-17(20)18(16)21/h2-8,13-14,19-21H,9-11H2,1H3. The summed E-state index contributed by atoms with van der Waals surface area (Å²) in [5.74, 6) is 0.764. The number of rotatable bonds is 3. The van der Waals surface area contributed by atoms with Gasteiger partial charge in [-0.15, -0.1) is 0 Å². The highest BCUT2D eigenvalue weighted by Crippen LogP contribution is 2.45. The molecule has 0 heterocycles. The van der Waals surface area contributed by atoms with Crippen LogP contribution in [0.15, 0.2) is 42.5 Å². The van der Waals surface area contributed by atoms with Gasteiger partial charge in [0.2, 0.25) is 0 Å². The first-order valence-corrected chi connectivity index (χ1v) is 7.44. The van der Waals surface area contributed by atoms with Gasteiger partial charge in [0.15, 0.2) is 11.5 Å². The smallest absolute Gasteiger partial charge is 0.160 e. The van der Waals surface area contributed by atoms with Crippen molar-refractivity contribution >= 4 is 0 Å². The zero-order valence-corrected chi connectivity index (χ0v) is 12.2. The Kier molecular flexibility index (Phi) is 3.84. The molecule has 0 spiro atoms. The van der Waals surface area contributed by atoms with Crippen LogP contribution in [0.2, 0.25) is 0 Å². The van der Waals surface area contributed by atoms with Gasteiger partial charge in [0.25, 0.3) is 0 Å². The molecule has 2 unspecified atom stereocenters. The average molecular weight is 283 g/mol. The molecular weight excluding hydrogens is 262 g/mol. The zero-order chi connectivity index (χ0) is 14.8. The molecule has 0 bridgehead atoms. The van der Waals surface area contributed by atoms with Crippen molar-refractivity contribution in [2.75, 3.05) is 13.6 Å². The van der Waals surface area contributed by atoms with Crippen molar-refractivity contribution in [1.82, 2.24) is 5.32 Å². The van der Waals surface area contributed by atoms with Crippen LogP contribution in [0.25, 0.3) is 0 Å². The second-order valence-electron chi connectivity index (χ2n) is 5.80. The van der Waals surface area contributed by atoms with Gasteiger partial charge in [-0.25, -0.2) is 0 Å². The molecule has 0 saturated heterocycles. The highest BCUT2D eigenvalue weighted by molar-refractivity contribution is 5.52. The van der Waals surface area contributed by atoms with Crippen molar-refractivity contribution < 1.29 is 10.2 Å². The van der Waals surface area contributed by atoms with Gasteiger partial charge in [0, 0.05) is 12.1 Å². The van der Waals surface area contributed by atoms with Gasteiger partial charge >= 0.3 is 0 Å². The van der Waals surface area contributed by atoms with E-state index in [1.54, 1.807) is 6.07 Å². The van der Waals surface area contributed by atoms with E-state index in [1.807, 2.05) is 19.2 Å². The van der Waals surface area contributed by atoms with Crippen LogP contribution in [-0.4, -0.2) is 23.8 Å². The number of benzene rings is 2. The maximum atomic E-state index is 10.2. The number of phenols is 2. The minimum absolute atomic E-state index is 0.0225. The fourth-order valence-electron chi connectivity index (χ4n) is 3.46. The van der Waals surface area contributed by atoms with Gasteiger partial charge in [0.05, 0.1) is 0 Å². The molecular formula is C18H21NO2. The number of aromatic hydroxyl groups is 2. The molecule has 21 heavy (non-hydrogen) atoms. The van der Waals surface area contributed by atoms with E-state index >= 15 is 0 Å². The summed E-state index contributed by atoms with van der Waals surface area (Å²) in [6, 6.07) is 14.0. The number of nitrogens with one attached hydrogen (secondary N) is 1. The molecule has 0 aromatic heterocycles. The third-order valence-electron chi connectivity index (χ3n) is 4.48. The van der Waals surface area contributed by atoms with Gasteiger partial charge in [-0.2, -0.15) is 0 Å². The Bertz CT molecular complexity index is 625. The largest absolute Gasteiger partial charge is 0.504 e. The van der Waals surface area contributed by atoms with Gasteiger partial charge in [-0.05, 0) is 48.9 Å². The van der Waals surface area contributed by atoms with Gasteiger partial charge in [-0.3, -0.25) is 0 Å². The third-order valence-corrected chi connectivity index (χ3v) is 4.48. The predicted molar refractivity (Wildman–Crippen MR) is 83.9 cm³/mol. The van der Waals surface area contributed by atoms with E-state index in [2.05, 4.69) is 29.6 Å². The van der Waals surface area contributed by atoms with Gasteiger partial charge in [0.1, 0.15) is 0 Å². The van der Waals surface area contributed by atoms with E-state index < -0.39 is 0 Å². The molecule has 2 aromatic rings. The summed E-state index contributed by atoms with van der Waals surface area (Å²) in [6.45, 7) is 0.876. The van der Waals surface area contributed by atoms with E-state index in [9.17, 15) is 10.2 Å². The summed E-state index contributed by atoms with van der Waals surface area (Å²) < 4.78 is 0. The number of phenolic OH excluding ortho intramolecular Hbond substituents is 2. The molecule has 110 valence electrons. The number of hydrogen-bond acceptors (Lipinski definition) is 3. The topological polar surface area (TPSA) is 52.5 Å². The molecule has 1 aliphatic carbocycles. The molecule has 3 N–H and O–H groups in total. The number of fused-ring (bicyclic) bond motifs is 1. The van der Waals surface area contributed by atoms with Crippen LogP contribution in [0.4, 0.5) is 0 Å². The minimum atomic E-state index is -0.0225. The lowest BCUT2D eigenvalue weighted by molar-refractivity contribution is 0.387. The van der Waals surface area contributed by atoms with Crippen LogP contribution < -0.4 is 5.32 Å². The molecule has 0 amide bonds. The van der Waals surface area contributed by atoms with Gasteiger partial charge in [-0.1, -0.05) is 36.4 Å². The van der Waals surface area contributed by atoms with Crippen molar-refractivity contribution in [3.05, 3.63) is 59.2 Å². The highest BCUT2D eigenvalue weighted by Gasteiger charge is 2.30. The Balaban J connectivity index is 2.01. The van der Waals surface area contributed by atoms with Crippen molar-refractivity contribution in [2.45, 2.75) is 24.7 Å². The predicted octanol–water partition coefficient (Wildman–Crippen LogP) is 3.13. The Labute approximate surface area is 125 Å². The normalized spacial score (nSPS) is 21.0. The van der Waals surface area contributed by atoms with E-state index in [0.29, 0.717) is 11.8 Å². The van der Waals surface area contributed by atoms with Crippen molar-refractivity contribution in [2.24, 2.45) is 0 Å². The van der Waals surface area contributed by atoms with E-state index in [1.165, 1.54) is 5.56 Å². The summed E-state index contributed by atoms with van der Waals surface area (Å²) in [7, 11) is 1.95. The summed E-state index contributed by atoms with van der Waals surface area (Å²) in [5.41, 5.74) is 3.36. The van der Waals surface area contributed by atoms with Crippen LogP contribution in [0.5, 0.6) is 11.5 Å². The first-order chi connectivity index (χ1) is 10.2. The fraction of sp³-hybridized carbons (Fsp3) is 0.333. The first-order valence-electron chi connectivity index (χ1n) is 7.44. The number of likely N-dealkylation sites (N-methyl/N-ethyl adjacent to an activating group) is 1. The van der Waals surface area contributed by atoms with Crippen LogP contribution in [-0.2, 0) is 6.42 Å². The maximum Gasteiger partial charge on any atom is 0.160 e.